The van der Waals surface area contributed by atoms with E-state index in [-0.39, 0.29) is 6.61 Å². The molecule has 74 valence electrons. The molecule has 1 aromatic heterocycles. The van der Waals surface area contributed by atoms with Gasteiger partial charge < -0.3 is 5.11 Å². The third-order valence-electron chi connectivity index (χ3n) is 1.89. The quantitative estimate of drug-likeness (QED) is 0.684. The molecule has 1 rings (SSSR count). The van der Waals surface area contributed by atoms with E-state index in [1.54, 1.807) is 6.33 Å². The highest BCUT2D eigenvalue weighted by Crippen LogP contribution is 1.97. The summed E-state index contributed by atoms with van der Waals surface area (Å²) >= 11 is 0. The number of aliphatic hydroxyl groups excluding tert-OH is 1. The number of hydrogen-bond donors (Lipinski definition) is 1. The van der Waals surface area contributed by atoms with Crippen LogP contribution in [0.4, 0.5) is 0 Å². The largest absolute Gasteiger partial charge is 0.395 e. The fourth-order valence-corrected chi connectivity index (χ4v) is 1.17. The van der Waals surface area contributed by atoms with E-state index in [0.29, 0.717) is 6.54 Å². The monoisotopic (exact) mass is 184 g/mol. The zero-order valence-electron chi connectivity index (χ0n) is 8.14. The van der Waals surface area contributed by atoms with Crippen LogP contribution in [0.3, 0.4) is 0 Å². The Labute approximate surface area is 78.0 Å². The van der Waals surface area contributed by atoms with Gasteiger partial charge in [0.2, 0.25) is 0 Å². The minimum absolute atomic E-state index is 0.177. The highest BCUT2D eigenvalue weighted by molar-refractivity contribution is 4.83. The molecule has 0 spiro atoms. The number of rotatable bonds is 5. The third kappa shape index (κ3) is 2.78. The second-order valence-electron chi connectivity index (χ2n) is 2.95. The summed E-state index contributed by atoms with van der Waals surface area (Å²) < 4.78 is 1.86. The highest BCUT2D eigenvalue weighted by Gasteiger charge is 2.05. The molecule has 0 saturated heterocycles. The number of hydrogen-bond acceptors (Lipinski definition) is 4. The molecule has 0 atom stereocenters. The number of aryl methyl sites for hydroxylation is 1. The summed E-state index contributed by atoms with van der Waals surface area (Å²) in [7, 11) is 1.95. The van der Waals surface area contributed by atoms with E-state index in [4.69, 9.17) is 5.11 Å². The first-order valence-electron chi connectivity index (χ1n) is 4.44. The molecule has 0 unspecified atom stereocenters. The van der Waals surface area contributed by atoms with Crippen molar-refractivity contribution in [3.8, 4) is 0 Å². The molecule has 0 aliphatic rings. The lowest BCUT2D eigenvalue weighted by molar-refractivity contribution is 0.212. The van der Waals surface area contributed by atoms with Crippen molar-refractivity contribution in [1.29, 1.82) is 0 Å². The maximum Gasteiger partial charge on any atom is 0.140 e. The maximum absolute atomic E-state index is 8.71. The van der Waals surface area contributed by atoms with Crippen LogP contribution in [-0.2, 0) is 13.1 Å². The molecule has 1 heterocycles. The van der Waals surface area contributed by atoms with Gasteiger partial charge in [0.1, 0.15) is 12.2 Å². The number of likely N-dealkylation sites (N-methyl/N-ethyl adjacent to an activating group) is 1. The Morgan fingerprint density at radius 2 is 2.38 bits per heavy atom. The minimum Gasteiger partial charge on any atom is -0.395 e. The summed E-state index contributed by atoms with van der Waals surface area (Å²) in [4.78, 5) is 6.15. The molecule has 1 aromatic rings. The van der Waals surface area contributed by atoms with Crippen molar-refractivity contribution in [3.63, 3.8) is 0 Å². The Morgan fingerprint density at radius 1 is 1.62 bits per heavy atom. The lowest BCUT2D eigenvalue weighted by Crippen LogP contribution is -2.23. The molecule has 0 aromatic carbocycles. The van der Waals surface area contributed by atoms with E-state index < -0.39 is 0 Å². The van der Waals surface area contributed by atoms with Crippen molar-refractivity contribution in [2.24, 2.45) is 0 Å². The van der Waals surface area contributed by atoms with E-state index in [0.717, 1.165) is 18.9 Å². The van der Waals surface area contributed by atoms with Crippen LogP contribution in [-0.4, -0.2) is 45.0 Å². The molecule has 0 amide bonds. The van der Waals surface area contributed by atoms with Gasteiger partial charge in [0.05, 0.1) is 13.2 Å². The summed E-state index contributed by atoms with van der Waals surface area (Å²) in [5.74, 6) is 0.943. The Morgan fingerprint density at radius 3 is 3.00 bits per heavy atom. The summed E-state index contributed by atoms with van der Waals surface area (Å²) in [6, 6.07) is 0. The van der Waals surface area contributed by atoms with Gasteiger partial charge in [-0.2, -0.15) is 5.10 Å². The molecule has 0 aliphatic carbocycles. The van der Waals surface area contributed by atoms with Crippen LogP contribution in [0.2, 0.25) is 0 Å². The van der Waals surface area contributed by atoms with Crippen LogP contribution in [0, 0.1) is 0 Å². The van der Waals surface area contributed by atoms with Crippen molar-refractivity contribution < 1.29 is 5.11 Å². The van der Waals surface area contributed by atoms with Crippen molar-refractivity contribution in [2.75, 3.05) is 20.2 Å². The average molecular weight is 184 g/mol. The van der Waals surface area contributed by atoms with Gasteiger partial charge in [0, 0.05) is 13.1 Å². The van der Waals surface area contributed by atoms with Crippen LogP contribution < -0.4 is 0 Å². The summed E-state index contributed by atoms with van der Waals surface area (Å²) in [5.41, 5.74) is 0. The molecular weight excluding hydrogens is 168 g/mol. The molecule has 0 aliphatic heterocycles. The Hall–Kier alpha value is -0.940. The summed E-state index contributed by atoms with van der Waals surface area (Å²) in [6.45, 7) is 4.44. The second kappa shape index (κ2) is 4.94. The standard InChI is InChI=1S/C8H16N4O/c1-3-12-8(9-7-10-12)6-11(2)4-5-13/h7,13H,3-6H2,1-2H3. The zero-order valence-corrected chi connectivity index (χ0v) is 8.14. The van der Waals surface area contributed by atoms with Crippen LogP contribution in [0.5, 0.6) is 0 Å². The predicted molar refractivity (Wildman–Crippen MR) is 49.1 cm³/mol. The smallest absolute Gasteiger partial charge is 0.140 e. The van der Waals surface area contributed by atoms with E-state index in [1.807, 2.05) is 23.6 Å². The molecule has 5 heteroatoms. The first-order chi connectivity index (χ1) is 6.27. The lowest BCUT2D eigenvalue weighted by Gasteiger charge is -2.14. The zero-order chi connectivity index (χ0) is 9.68. The van der Waals surface area contributed by atoms with Gasteiger partial charge >= 0.3 is 0 Å². The van der Waals surface area contributed by atoms with Crippen LogP contribution in [0.25, 0.3) is 0 Å². The van der Waals surface area contributed by atoms with Gasteiger partial charge in [0.25, 0.3) is 0 Å². The van der Waals surface area contributed by atoms with Gasteiger partial charge in [-0.1, -0.05) is 0 Å². The van der Waals surface area contributed by atoms with Gasteiger partial charge in [-0.25, -0.2) is 9.67 Å². The van der Waals surface area contributed by atoms with Crippen LogP contribution in [0.15, 0.2) is 6.33 Å². The van der Waals surface area contributed by atoms with E-state index >= 15 is 0 Å². The fourth-order valence-electron chi connectivity index (χ4n) is 1.17. The van der Waals surface area contributed by atoms with Crippen molar-refractivity contribution in [2.45, 2.75) is 20.0 Å². The third-order valence-corrected chi connectivity index (χ3v) is 1.89. The van der Waals surface area contributed by atoms with Gasteiger partial charge in [-0.3, -0.25) is 4.90 Å². The van der Waals surface area contributed by atoms with Crippen molar-refractivity contribution in [1.82, 2.24) is 19.7 Å². The molecule has 5 nitrogen and oxygen atoms in total. The van der Waals surface area contributed by atoms with E-state index in [2.05, 4.69) is 10.1 Å². The highest BCUT2D eigenvalue weighted by atomic mass is 16.3. The number of aromatic nitrogens is 3. The summed E-state index contributed by atoms with van der Waals surface area (Å²) in [6.07, 6.45) is 1.56. The normalized spacial score (nSPS) is 11.1. The predicted octanol–water partition coefficient (Wildman–Crippen LogP) is -0.278. The van der Waals surface area contributed by atoms with E-state index in [1.165, 1.54) is 0 Å². The summed E-state index contributed by atoms with van der Waals surface area (Å²) in [5, 5.41) is 12.8. The van der Waals surface area contributed by atoms with Gasteiger partial charge in [-0.15, -0.1) is 0 Å². The maximum atomic E-state index is 8.71. The fraction of sp³-hybridized carbons (Fsp3) is 0.750. The first-order valence-corrected chi connectivity index (χ1v) is 4.44. The van der Waals surface area contributed by atoms with Crippen LogP contribution >= 0.6 is 0 Å². The molecule has 0 saturated carbocycles. The molecule has 0 fully saturated rings. The van der Waals surface area contributed by atoms with Gasteiger partial charge in [0.15, 0.2) is 0 Å². The second-order valence-corrected chi connectivity index (χ2v) is 2.95. The Balaban J connectivity index is 2.52. The number of nitrogens with zero attached hydrogens (tertiary/aromatic N) is 4. The molecule has 0 bridgehead atoms. The van der Waals surface area contributed by atoms with Gasteiger partial charge in [-0.05, 0) is 14.0 Å². The molecular formula is C8H16N4O. The topological polar surface area (TPSA) is 54.2 Å². The molecule has 13 heavy (non-hydrogen) atoms. The Bertz CT molecular complexity index is 248. The minimum atomic E-state index is 0.177. The van der Waals surface area contributed by atoms with Crippen LogP contribution in [0.1, 0.15) is 12.7 Å². The van der Waals surface area contributed by atoms with Crippen molar-refractivity contribution in [3.05, 3.63) is 12.2 Å². The average Bonchev–Trinajstić information content (AvgIpc) is 2.52. The molecule has 1 N–H and O–H groups in total. The SMILES string of the molecule is CCn1ncnc1CN(C)CCO. The lowest BCUT2D eigenvalue weighted by atomic mass is 10.5. The molecule has 0 radical (unpaired) electrons. The Kier molecular flexibility index (Phi) is 3.85. The number of aliphatic hydroxyl groups is 1. The van der Waals surface area contributed by atoms with Crippen molar-refractivity contribution >= 4 is 0 Å². The van der Waals surface area contributed by atoms with E-state index in [9.17, 15) is 0 Å². The first kappa shape index (κ1) is 10.1.